The van der Waals surface area contributed by atoms with E-state index in [1.165, 1.54) is 12.8 Å². The van der Waals surface area contributed by atoms with E-state index < -0.39 is 0 Å². The number of hydrogen-bond donors (Lipinski definition) is 2. The summed E-state index contributed by atoms with van der Waals surface area (Å²) in [5.74, 6) is 1.67. The van der Waals surface area contributed by atoms with E-state index in [4.69, 9.17) is 0 Å². The van der Waals surface area contributed by atoms with Crippen LogP contribution in [0.1, 0.15) is 58.3 Å². The topological polar surface area (TPSA) is 49.3 Å². The molecule has 1 amide bonds. The molecule has 3 heteroatoms. The quantitative estimate of drug-likeness (QED) is 0.812. The Morgan fingerprint density at radius 3 is 2.67 bits per heavy atom. The highest BCUT2D eigenvalue weighted by atomic mass is 16.3. The van der Waals surface area contributed by atoms with Crippen LogP contribution >= 0.6 is 0 Å². The molecular formula is C15H27NO2. The normalized spacial score (nSPS) is 37.2. The summed E-state index contributed by atoms with van der Waals surface area (Å²) in [4.78, 5) is 12.1. The summed E-state index contributed by atoms with van der Waals surface area (Å²) >= 11 is 0. The molecule has 0 aromatic rings. The summed E-state index contributed by atoms with van der Waals surface area (Å²) in [5.41, 5.74) is 0. The molecule has 0 saturated heterocycles. The van der Waals surface area contributed by atoms with Crippen molar-refractivity contribution in [3.05, 3.63) is 0 Å². The lowest BCUT2D eigenvalue weighted by molar-refractivity contribution is -0.126. The van der Waals surface area contributed by atoms with Crippen LogP contribution in [0.5, 0.6) is 0 Å². The Bertz CT molecular complexity index is 280. The fourth-order valence-corrected chi connectivity index (χ4v) is 3.51. The lowest BCUT2D eigenvalue weighted by atomic mass is 9.81. The molecule has 0 heterocycles. The van der Waals surface area contributed by atoms with Gasteiger partial charge in [-0.3, -0.25) is 4.79 Å². The van der Waals surface area contributed by atoms with Gasteiger partial charge in [0.15, 0.2) is 0 Å². The molecule has 0 bridgehead atoms. The summed E-state index contributed by atoms with van der Waals surface area (Å²) in [6.07, 6.45) is 8.49. The molecule has 0 aromatic heterocycles. The number of carbonyl (C=O) groups is 1. The predicted octanol–water partition coefficient (Wildman–Crippen LogP) is 2.48. The van der Waals surface area contributed by atoms with Crippen molar-refractivity contribution in [1.29, 1.82) is 0 Å². The first-order chi connectivity index (χ1) is 8.65. The van der Waals surface area contributed by atoms with Crippen molar-refractivity contribution in [1.82, 2.24) is 5.32 Å². The van der Waals surface area contributed by atoms with Crippen LogP contribution in [0.15, 0.2) is 0 Å². The second-order valence-corrected chi connectivity index (χ2v) is 6.40. The maximum Gasteiger partial charge on any atom is 0.223 e. The van der Waals surface area contributed by atoms with Crippen LogP contribution in [0.4, 0.5) is 0 Å². The molecule has 4 unspecified atom stereocenters. The molecule has 0 spiro atoms. The standard InChI is InChI=1S/C15H27NO2/c1-11-4-2-6-13(8-11)15(18)16-10-12-5-3-7-14(17)9-12/h11-14,17H,2-10H2,1H3,(H,16,18). The maximum absolute atomic E-state index is 12.1. The van der Waals surface area contributed by atoms with Gasteiger partial charge in [-0.25, -0.2) is 0 Å². The molecule has 2 aliphatic carbocycles. The van der Waals surface area contributed by atoms with Crippen LogP contribution in [0.25, 0.3) is 0 Å². The smallest absolute Gasteiger partial charge is 0.223 e. The number of carbonyl (C=O) groups excluding carboxylic acids is 1. The van der Waals surface area contributed by atoms with Gasteiger partial charge in [-0.1, -0.05) is 26.2 Å². The molecule has 2 saturated carbocycles. The zero-order valence-electron chi connectivity index (χ0n) is 11.5. The molecule has 2 fully saturated rings. The molecular weight excluding hydrogens is 226 g/mol. The van der Waals surface area contributed by atoms with Crippen LogP contribution in [0.3, 0.4) is 0 Å². The van der Waals surface area contributed by atoms with Crippen molar-refractivity contribution in [2.75, 3.05) is 6.54 Å². The van der Waals surface area contributed by atoms with E-state index in [2.05, 4.69) is 12.2 Å². The van der Waals surface area contributed by atoms with E-state index in [0.717, 1.165) is 45.1 Å². The first-order valence-corrected chi connectivity index (χ1v) is 7.61. The second kappa shape index (κ2) is 6.55. The largest absolute Gasteiger partial charge is 0.393 e. The third-order valence-corrected chi connectivity index (χ3v) is 4.63. The monoisotopic (exact) mass is 253 g/mol. The molecule has 0 radical (unpaired) electrons. The number of rotatable bonds is 3. The van der Waals surface area contributed by atoms with Crippen LogP contribution < -0.4 is 5.32 Å². The molecule has 2 rings (SSSR count). The summed E-state index contributed by atoms with van der Waals surface area (Å²) in [7, 11) is 0. The highest BCUT2D eigenvalue weighted by Crippen LogP contribution is 2.29. The van der Waals surface area contributed by atoms with Crippen molar-refractivity contribution in [2.45, 2.75) is 64.4 Å². The number of aliphatic hydroxyl groups excluding tert-OH is 1. The van der Waals surface area contributed by atoms with Crippen molar-refractivity contribution in [3.8, 4) is 0 Å². The summed E-state index contributed by atoms with van der Waals surface area (Å²) in [6.45, 7) is 3.01. The Kier molecular flexibility index (Phi) is 5.04. The van der Waals surface area contributed by atoms with Crippen molar-refractivity contribution >= 4 is 5.91 Å². The number of nitrogens with one attached hydrogen (secondary N) is 1. The highest BCUT2D eigenvalue weighted by molar-refractivity contribution is 5.78. The summed E-state index contributed by atoms with van der Waals surface area (Å²) in [6, 6.07) is 0. The van der Waals surface area contributed by atoms with Crippen LogP contribution in [-0.2, 0) is 4.79 Å². The molecule has 4 atom stereocenters. The third-order valence-electron chi connectivity index (χ3n) is 4.63. The Labute approximate surface area is 110 Å². The van der Waals surface area contributed by atoms with E-state index in [9.17, 15) is 9.90 Å². The van der Waals surface area contributed by atoms with Gasteiger partial charge in [0.2, 0.25) is 5.91 Å². The van der Waals surface area contributed by atoms with Crippen LogP contribution in [0.2, 0.25) is 0 Å². The minimum absolute atomic E-state index is 0.143. The lowest BCUT2D eigenvalue weighted by Crippen LogP contribution is -2.38. The SMILES string of the molecule is CC1CCCC(C(=O)NCC2CCCC(O)C2)C1. The second-order valence-electron chi connectivity index (χ2n) is 6.40. The number of hydrogen-bond acceptors (Lipinski definition) is 2. The van der Waals surface area contributed by atoms with E-state index in [1.54, 1.807) is 0 Å². The predicted molar refractivity (Wildman–Crippen MR) is 72.1 cm³/mol. The van der Waals surface area contributed by atoms with Crippen molar-refractivity contribution in [3.63, 3.8) is 0 Å². The van der Waals surface area contributed by atoms with E-state index in [1.807, 2.05) is 0 Å². The summed E-state index contributed by atoms with van der Waals surface area (Å²) < 4.78 is 0. The van der Waals surface area contributed by atoms with Gasteiger partial charge in [-0.05, 0) is 43.9 Å². The average Bonchev–Trinajstić information content (AvgIpc) is 2.36. The van der Waals surface area contributed by atoms with Crippen LogP contribution in [-0.4, -0.2) is 23.7 Å². The molecule has 0 aromatic carbocycles. The third kappa shape index (κ3) is 3.98. The van der Waals surface area contributed by atoms with Gasteiger partial charge >= 0.3 is 0 Å². The maximum atomic E-state index is 12.1. The first kappa shape index (κ1) is 13.9. The molecule has 18 heavy (non-hydrogen) atoms. The Hall–Kier alpha value is -0.570. The molecule has 3 nitrogen and oxygen atoms in total. The van der Waals surface area contributed by atoms with Gasteiger partial charge in [-0.15, -0.1) is 0 Å². The van der Waals surface area contributed by atoms with Crippen molar-refractivity contribution in [2.24, 2.45) is 17.8 Å². The van der Waals surface area contributed by atoms with Gasteiger partial charge in [0.25, 0.3) is 0 Å². The minimum Gasteiger partial charge on any atom is -0.393 e. The van der Waals surface area contributed by atoms with Gasteiger partial charge in [0.05, 0.1) is 6.10 Å². The zero-order chi connectivity index (χ0) is 13.0. The Balaban J connectivity index is 1.70. The van der Waals surface area contributed by atoms with Crippen LogP contribution in [0, 0.1) is 17.8 Å². The molecule has 104 valence electrons. The van der Waals surface area contributed by atoms with E-state index in [0.29, 0.717) is 11.8 Å². The minimum atomic E-state index is -0.143. The highest BCUT2D eigenvalue weighted by Gasteiger charge is 2.26. The molecule has 2 N–H and O–H groups in total. The van der Waals surface area contributed by atoms with E-state index in [-0.39, 0.29) is 17.9 Å². The zero-order valence-corrected chi connectivity index (χ0v) is 11.5. The van der Waals surface area contributed by atoms with Crippen molar-refractivity contribution < 1.29 is 9.90 Å². The molecule has 0 aliphatic heterocycles. The van der Waals surface area contributed by atoms with Gasteiger partial charge in [0.1, 0.15) is 0 Å². The fourth-order valence-electron chi connectivity index (χ4n) is 3.51. The number of aliphatic hydroxyl groups is 1. The lowest BCUT2D eigenvalue weighted by Gasteiger charge is -2.29. The van der Waals surface area contributed by atoms with Gasteiger partial charge in [0, 0.05) is 12.5 Å². The first-order valence-electron chi connectivity index (χ1n) is 7.61. The Morgan fingerprint density at radius 2 is 1.94 bits per heavy atom. The van der Waals surface area contributed by atoms with Gasteiger partial charge in [-0.2, -0.15) is 0 Å². The summed E-state index contributed by atoms with van der Waals surface area (Å²) in [5, 5.41) is 12.7. The number of amides is 1. The fraction of sp³-hybridized carbons (Fsp3) is 0.933. The van der Waals surface area contributed by atoms with Gasteiger partial charge < -0.3 is 10.4 Å². The average molecular weight is 253 g/mol. The Morgan fingerprint density at radius 1 is 1.17 bits per heavy atom. The molecule has 2 aliphatic rings. The van der Waals surface area contributed by atoms with E-state index >= 15 is 0 Å².